The van der Waals surface area contributed by atoms with Gasteiger partial charge in [0.2, 0.25) is 0 Å². The molecule has 0 bridgehead atoms. The Labute approximate surface area is 178 Å². The van der Waals surface area contributed by atoms with E-state index in [1.54, 1.807) is 36.5 Å². The molecule has 0 aliphatic heterocycles. The summed E-state index contributed by atoms with van der Waals surface area (Å²) in [6.07, 6.45) is 6.78. The minimum atomic E-state index is -0.155. The van der Waals surface area contributed by atoms with Gasteiger partial charge in [0.25, 0.3) is 5.91 Å². The molecule has 0 saturated carbocycles. The zero-order chi connectivity index (χ0) is 20.8. The van der Waals surface area contributed by atoms with Gasteiger partial charge in [0.15, 0.2) is 0 Å². The summed E-state index contributed by atoms with van der Waals surface area (Å²) in [5.74, 6) is 1.26. The normalized spacial score (nSPS) is 10.6. The molecule has 30 heavy (non-hydrogen) atoms. The predicted molar refractivity (Wildman–Crippen MR) is 118 cm³/mol. The molecule has 1 N–H and O–H groups in total. The van der Waals surface area contributed by atoms with Crippen molar-refractivity contribution in [3.63, 3.8) is 0 Å². The number of anilines is 1. The molecule has 0 unspecified atom stereocenters. The van der Waals surface area contributed by atoms with Crippen molar-refractivity contribution in [2.24, 2.45) is 0 Å². The van der Waals surface area contributed by atoms with E-state index >= 15 is 0 Å². The monoisotopic (exact) mass is 413 g/mol. The van der Waals surface area contributed by atoms with Crippen molar-refractivity contribution >= 4 is 23.4 Å². The van der Waals surface area contributed by atoms with Gasteiger partial charge in [-0.05, 0) is 42.8 Å². The van der Waals surface area contributed by atoms with Crippen molar-refractivity contribution in [3.8, 4) is 11.3 Å². The SMILES string of the molecule is Cc1nccc(-c2cccc(NC(=O)c3cccc(CSc4cnccn4)c3)c2)n1. The first-order chi connectivity index (χ1) is 14.7. The van der Waals surface area contributed by atoms with Crippen molar-refractivity contribution in [3.05, 3.63) is 96.3 Å². The van der Waals surface area contributed by atoms with Gasteiger partial charge in [-0.2, -0.15) is 0 Å². The highest BCUT2D eigenvalue weighted by atomic mass is 32.2. The molecule has 6 nitrogen and oxygen atoms in total. The average molecular weight is 414 g/mol. The minimum Gasteiger partial charge on any atom is -0.322 e. The van der Waals surface area contributed by atoms with E-state index in [1.165, 1.54) is 0 Å². The number of thioether (sulfide) groups is 1. The predicted octanol–water partition coefficient (Wildman–Crippen LogP) is 4.79. The van der Waals surface area contributed by atoms with Gasteiger partial charge in [0.1, 0.15) is 10.9 Å². The van der Waals surface area contributed by atoms with E-state index in [2.05, 4.69) is 25.3 Å². The zero-order valence-corrected chi connectivity index (χ0v) is 17.1. The van der Waals surface area contributed by atoms with Crippen LogP contribution in [-0.4, -0.2) is 25.8 Å². The van der Waals surface area contributed by atoms with Crippen LogP contribution in [0, 0.1) is 6.92 Å². The molecule has 148 valence electrons. The molecule has 0 fully saturated rings. The summed E-state index contributed by atoms with van der Waals surface area (Å²) in [7, 11) is 0. The lowest BCUT2D eigenvalue weighted by atomic mass is 10.1. The molecular formula is C23H19N5OS. The van der Waals surface area contributed by atoms with Gasteiger partial charge < -0.3 is 5.32 Å². The maximum Gasteiger partial charge on any atom is 0.255 e. The second kappa shape index (κ2) is 9.28. The molecule has 0 radical (unpaired) electrons. The van der Waals surface area contributed by atoms with Gasteiger partial charge in [-0.25, -0.2) is 15.0 Å². The van der Waals surface area contributed by atoms with E-state index < -0.39 is 0 Å². The Kier molecular flexibility index (Phi) is 6.10. The molecule has 2 aromatic heterocycles. The molecule has 0 atom stereocenters. The van der Waals surface area contributed by atoms with Crippen molar-refractivity contribution in [2.75, 3.05) is 5.32 Å². The maximum absolute atomic E-state index is 12.8. The summed E-state index contributed by atoms with van der Waals surface area (Å²) in [6, 6.07) is 17.1. The van der Waals surface area contributed by atoms with E-state index in [-0.39, 0.29) is 5.91 Å². The molecule has 7 heteroatoms. The second-order valence-corrected chi connectivity index (χ2v) is 7.55. The standard InChI is InChI=1S/C23H19N5OS/c1-16-25-9-8-21(27-16)18-5-3-7-20(13-18)28-23(29)19-6-2-4-17(12-19)15-30-22-14-24-10-11-26-22/h2-14H,15H2,1H3,(H,28,29). The van der Waals surface area contributed by atoms with Crippen LogP contribution in [0.25, 0.3) is 11.3 Å². The van der Waals surface area contributed by atoms with E-state index in [0.717, 1.165) is 21.8 Å². The molecule has 0 spiro atoms. The fraction of sp³-hybridized carbons (Fsp3) is 0.0870. The van der Waals surface area contributed by atoms with Crippen LogP contribution in [0.5, 0.6) is 0 Å². The molecule has 0 aliphatic rings. The Morgan fingerprint density at radius 2 is 1.90 bits per heavy atom. The minimum absolute atomic E-state index is 0.155. The van der Waals surface area contributed by atoms with Gasteiger partial charge in [-0.15, -0.1) is 11.8 Å². The van der Waals surface area contributed by atoms with Crippen LogP contribution >= 0.6 is 11.8 Å². The van der Waals surface area contributed by atoms with Crippen LogP contribution in [0.1, 0.15) is 21.7 Å². The summed E-state index contributed by atoms with van der Waals surface area (Å²) in [6.45, 7) is 1.85. The van der Waals surface area contributed by atoms with E-state index in [0.29, 0.717) is 22.8 Å². The Morgan fingerprint density at radius 1 is 1.00 bits per heavy atom. The largest absolute Gasteiger partial charge is 0.322 e. The number of hydrogen-bond acceptors (Lipinski definition) is 6. The lowest BCUT2D eigenvalue weighted by Gasteiger charge is -2.09. The summed E-state index contributed by atoms with van der Waals surface area (Å²) in [4.78, 5) is 29.7. The molecule has 2 heterocycles. The van der Waals surface area contributed by atoms with Crippen LogP contribution < -0.4 is 5.32 Å². The van der Waals surface area contributed by atoms with Gasteiger partial charge in [0, 0.05) is 41.2 Å². The lowest BCUT2D eigenvalue weighted by molar-refractivity contribution is 0.102. The van der Waals surface area contributed by atoms with Gasteiger partial charge in [-0.3, -0.25) is 9.78 Å². The van der Waals surface area contributed by atoms with Crippen LogP contribution in [-0.2, 0) is 5.75 Å². The number of nitrogens with one attached hydrogen (secondary N) is 1. The van der Waals surface area contributed by atoms with Gasteiger partial charge >= 0.3 is 0 Å². The number of amides is 1. The summed E-state index contributed by atoms with van der Waals surface area (Å²) < 4.78 is 0. The fourth-order valence-corrected chi connectivity index (χ4v) is 3.66. The number of hydrogen-bond donors (Lipinski definition) is 1. The van der Waals surface area contributed by atoms with E-state index in [9.17, 15) is 4.79 Å². The van der Waals surface area contributed by atoms with Crippen molar-refractivity contribution in [2.45, 2.75) is 17.7 Å². The first-order valence-electron chi connectivity index (χ1n) is 9.36. The zero-order valence-electron chi connectivity index (χ0n) is 16.3. The smallest absolute Gasteiger partial charge is 0.255 e. The Balaban J connectivity index is 1.46. The number of aryl methyl sites for hydroxylation is 1. The second-order valence-electron chi connectivity index (χ2n) is 6.56. The highest BCUT2D eigenvalue weighted by Gasteiger charge is 2.09. The van der Waals surface area contributed by atoms with Crippen LogP contribution in [0.2, 0.25) is 0 Å². The van der Waals surface area contributed by atoms with Crippen LogP contribution in [0.4, 0.5) is 5.69 Å². The molecule has 4 rings (SSSR count). The van der Waals surface area contributed by atoms with Crippen molar-refractivity contribution in [1.29, 1.82) is 0 Å². The summed E-state index contributed by atoms with van der Waals surface area (Å²) in [5, 5.41) is 3.82. The molecular weight excluding hydrogens is 394 g/mol. The highest BCUT2D eigenvalue weighted by molar-refractivity contribution is 7.98. The number of nitrogens with zero attached hydrogens (tertiary/aromatic N) is 4. The molecule has 0 aliphatic carbocycles. The lowest BCUT2D eigenvalue weighted by Crippen LogP contribution is -2.12. The molecule has 0 saturated heterocycles. The summed E-state index contributed by atoms with van der Waals surface area (Å²) in [5.41, 5.74) is 4.11. The molecule has 1 amide bonds. The van der Waals surface area contributed by atoms with Crippen molar-refractivity contribution < 1.29 is 4.79 Å². The number of aromatic nitrogens is 4. The number of carbonyl (C=O) groups excluding carboxylic acids is 1. The van der Waals surface area contributed by atoms with E-state index in [4.69, 9.17) is 0 Å². The number of rotatable bonds is 6. The van der Waals surface area contributed by atoms with Gasteiger partial charge in [0.05, 0.1) is 11.9 Å². The first kappa shape index (κ1) is 19.7. The van der Waals surface area contributed by atoms with Crippen LogP contribution in [0.15, 0.2) is 84.4 Å². The van der Waals surface area contributed by atoms with Crippen LogP contribution in [0.3, 0.4) is 0 Å². The number of carbonyl (C=O) groups is 1. The quantitative estimate of drug-likeness (QED) is 0.458. The van der Waals surface area contributed by atoms with Gasteiger partial charge in [-0.1, -0.05) is 24.3 Å². The third kappa shape index (κ3) is 5.07. The number of benzene rings is 2. The van der Waals surface area contributed by atoms with E-state index in [1.807, 2.05) is 61.5 Å². The Hall–Kier alpha value is -3.58. The van der Waals surface area contributed by atoms with Crippen molar-refractivity contribution in [1.82, 2.24) is 19.9 Å². The molecule has 2 aromatic carbocycles. The Bertz CT molecular complexity index is 1170. The third-order valence-electron chi connectivity index (χ3n) is 4.31. The topological polar surface area (TPSA) is 80.7 Å². The average Bonchev–Trinajstić information content (AvgIpc) is 2.79. The fourth-order valence-electron chi connectivity index (χ4n) is 2.90. The maximum atomic E-state index is 12.8. The third-order valence-corrected chi connectivity index (χ3v) is 5.29. The highest BCUT2D eigenvalue weighted by Crippen LogP contribution is 2.23. The molecule has 4 aromatic rings. The summed E-state index contributed by atoms with van der Waals surface area (Å²) >= 11 is 1.58. The first-order valence-corrected chi connectivity index (χ1v) is 10.4. The Morgan fingerprint density at radius 3 is 2.73 bits per heavy atom.